The van der Waals surface area contributed by atoms with Gasteiger partial charge in [-0.2, -0.15) is 8.42 Å². The van der Waals surface area contributed by atoms with Crippen molar-refractivity contribution in [1.29, 1.82) is 0 Å². The van der Waals surface area contributed by atoms with Crippen LogP contribution in [0.15, 0.2) is 46.2 Å². The van der Waals surface area contributed by atoms with Crippen LogP contribution in [0.4, 0.5) is 0 Å². The van der Waals surface area contributed by atoms with Gasteiger partial charge < -0.3 is 4.42 Å². The van der Waals surface area contributed by atoms with Crippen molar-refractivity contribution < 1.29 is 17.0 Å². The van der Waals surface area contributed by atoms with Crippen molar-refractivity contribution in [2.45, 2.75) is 18.4 Å². The van der Waals surface area contributed by atoms with E-state index in [9.17, 15) is 8.42 Å². The third-order valence-corrected chi connectivity index (χ3v) is 3.43. The molecule has 6 heteroatoms. The van der Waals surface area contributed by atoms with Crippen molar-refractivity contribution >= 4 is 10.1 Å². The Morgan fingerprint density at radius 1 is 1.29 bits per heavy atom. The number of rotatable bonds is 4. The molecule has 17 heavy (non-hydrogen) atoms. The predicted molar refractivity (Wildman–Crippen MR) is 59.7 cm³/mol. The smallest absolute Gasteiger partial charge is 0.297 e. The summed E-state index contributed by atoms with van der Waals surface area (Å²) in [5.41, 5.74) is 1.42. The van der Waals surface area contributed by atoms with E-state index in [-0.39, 0.29) is 11.5 Å². The van der Waals surface area contributed by atoms with Gasteiger partial charge in [-0.3, -0.25) is 4.18 Å². The van der Waals surface area contributed by atoms with E-state index in [0.29, 0.717) is 5.69 Å². The molecule has 2 rings (SSSR count). The molecule has 0 aliphatic carbocycles. The largest absolute Gasteiger partial charge is 0.451 e. The van der Waals surface area contributed by atoms with Gasteiger partial charge in [0.15, 0.2) is 6.39 Å². The van der Waals surface area contributed by atoms with Crippen LogP contribution in [0.3, 0.4) is 0 Å². The monoisotopic (exact) mass is 253 g/mol. The number of hydrogen-bond donors (Lipinski definition) is 0. The van der Waals surface area contributed by atoms with Gasteiger partial charge in [-0.15, -0.1) is 0 Å². The second kappa shape index (κ2) is 4.68. The molecule has 0 fully saturated rings. The molecule has 2 aromatic rings. The molecule has 0 atom stereocenters. The van der Waals surface area contributed by atoms with E-state index in [4.69, 9.17) is 8.60 Å². The third kappa shape index (κ3) is 2.92. The van der Waals surface area contributed by atoms with Crippen molar-refractivity contribution in [2.75, 3.05) is 0 Å². The Labute approximate surface area is 99.2 Å². The van der Waals surface area contributed by atoms with E-state index in [1.807, 2.05) is 6.92 Å². The zero-order valence-electron chi connectivity index (χ0n) is 9.16. The zero-order valence-corrected chi connectivity index (χ0v) is 9.98. The highest BCUT2D eigenvalue weighted by Gasteiger charge is 2.15. The Bertz CT molecular complexity index is 572. The van der Waals surface area contributed by atoms with E-state index < -0.39 is 10.1 Å². The van der Waals surface area contributed by atoms with Crippen LogP contribution in [-0.2, 0) is 20.9 Å². The van der Waals surface area contributed by atoms with Crippen molar-refractivity contribution in [3.8, 4) is 0 Å². The standard InChI is InChI=1S/C11H11NO4S/c1-9-2-4-11(5-3-9)17(13,14)16-7-10-6-15-8-12-10/h2-6,8H,7H2,1H3. The minimum atomic E-state index is -3.73. The number of nitrogens with zero attached hydrogens (tertiary/aromatic N) is 1. The molecule has 0 radical (unpaired) electrons. The number of hydrogen-bond acceptors (Lipinski definition) is 5. The highest BCUT2D eigenvalue weighted by molar-refractivity contribution is 7.86. The molecule has 0 spiro atoms. The number of oxazole rings is 1. The molecule has 1 heterocycles. The molecule has 0 amide bonds. The molecule has 0 bridgehead atoms. The highest BCUT2D eigenvalue weighted by Crippen LogP contribution is 2.14. The summed E-state index contributed by atoms with van der Waals surface area (Å²) in [5, 5.41) is 0. The molecule has 0 unspecified atom stereocenters. The maximum absolute atomic E-state index is 11.8. The van der Waals surface area contributed by atoms with Crippen LogP contribution in [0.2, 0.25) is 0 Å². The molecule has 0 N–H and O–H groups in total. The molecule has 0 aliphatic heterocycles. The van der Waals surface area contributed by atoms with Crippen molar-refractivity contribution in [1.82, 2.24) is 4.98 Å². The first kappa shape index (κ1) is 11.8. The van der Waals surface area contributed by atoms with Crippen LogP contribution >= 0.6 is 0 Å². The Balaban J connectivity index is 2.11. The van der Waals surface area contributed by atoms with Gasteiger partial charge in [-0.25, -0.2) is 4.98 Å². The molecular formula is C11H11NO4S. The molecule has 0 saturated carbocycles. The summed E-state index contributed by atoms with van der Waals surface area (Å²) < 4.78 is 33.1. The Morgan fingerprint density at radius 3 is 2.59 bits per heavy atom. The van der Waals surface area contributed by atoms with Gasteiger partial charge in [0.2, 0.25) is 0 Å². The van der Waals surface area contributed by atoms with Crippen LogP contribution in [0.5, 0.6) is 0 Å². The first-order chi connectivity index (χ1) is 8.08. The summed E-state index contributed by atoms with van der Waals surface area (Å²) in [4.78, 5) is 3.90. The van der Waals surface area contributed by atoms with Gasteiger partial charge >= 0.3 is 0 Å². The number of aryl methyl sites for hydroxylation is 1. The lowest BCUT2D eigenvalue weighted by molar-refractivity contribution is 0.303. The summed E-state index contributed by atoms with van der Waals surface area (Å²) in [6.07, 6.45) is 2.56. The van der Waals surface area contributed by atoms with Crippen LogP contribution in [0, 0.1) is 6.92 Å². The molecule has 1 aromatic heterocycles. The lowest BCUT2D eigenvalue weighted by Crippen LogP contribution is -2.06. The van der Waals surface area contributed by atoms with Gasteiger partial charge in [0.25, 0.3) is 10.1 Å². The quantitative estimate of drug-likeness (QED) is 0.778. The zero-order chi connectivity index (χ0) is 12.3. The van der Waals surface area contributed by atoms with Crippen LogP contribution in [-0.4, -0.2) is 13.4 Å². The predicted octanol–water partition coefficient (Wildman–Crippen LogP) is 1.89. The van der Waals surface area contributed by atoms with E-state index in [1.54, 1.807) is 12.1 Å². The van der Waals surface area contributed by atoms with Gasteiger partial charge in [0.1, 0.15) is 18.6 Å². The molecule has 5 nitrogen and oxygen atoms in total. The van der Waals surface area contributed by atoms with Gasteiger partial charge in [-0.1, -0.05) is 17.7 Å². The van der Waals surface area contributed by atoms with Crippen molar-refractivity contribution in [3.05, 3.63) is 48.2 Å². The van der Waals surface area contributed by atoms with Crippen molar-refractivity contribution in [2.24, 2.45) is 0 Å². The summed E-state index contributed by atoms with van der Waals surface area (Å²) in [7, 11) is -3.73. The average molecular weight is 253 g/mol. The van der Waals surface area contributed by atoms with Gasteiger partial charge in [-0.05, 0) is 19.1 Å². The average Bonchev–Trinajstić information content (AvgIpc) is 2.80. The van der Waals surface area contributed by atoms with Crippen LogP contribution < -0.4 is 0 Å². The molecule has 0 saturated heterocycles. The molecule has 90 valence electrons. The second-order valence-electron chi connectivity index (χ2n) is 3.51. The topological polar surface area (TPSA) is 69.4 Å². The Morgan fingerprint density at radius 2 is 2.00 bits per heavy atom. The van der Waals surface area contributed by atoms with Crippen LogP contribution in [0.25, 0.3) is 0 Å². The first-order valence-corrected chi connectivity index (χ1v) is 6.32. The van der Waals surface area contributed by atoms with Crippen LogP contribution in [0.1, 0.15) is 11.3 Å². The van der Waals surface area contributed by atoms with Gasteiger partial charge in [0, 0.05) is 0 Å². The first-order valence-electron chi connectivity index (χ1n) is 4.91. The SMILES string of the molecule is Cc1ccc(S(=O)(=O)OCc2cocn2)cc1. The van der Waals surface area contributed by atoms with E-state index in [0.717, 1.165) is 5.56 Å². The normalized spacial score (nSPS) is 11.6. The number of aromatic nitrogens is 1. The Kier molecular flexibility index (Phi) is 3.26. The second-order valence-corrected chi connectivity index (χ2v) is 5.12. The minimum Gasteiger partial charge on any atom is -0.451 e. The summed E-state index contributed by atoms with van der Waals surface area (Å²) in [6, 6.07) is 6.44. The minimum absolute atomic E-state index is 0.131. The fourth-order valence-corrected chi connectivity index (χ4v) is 2.10. The summed E-state index contributed by atoms with van der Waals surface area (Å²) in [5.74, 6) is 0. The lowest BCUT2D eigenvalue weighted by atomic mass is 10.2. The molecule has 1 aromatic carbocycles. The Hall–Kier alpha value is -1.66. The molecule has 0 aliphatic rings. The maximum atomic E-state index is 11.8. The highest BCUT2D eigenvalue weighted by atomic mass is 32.2. The summed E-state index contributed by atoms with van der Waals surface area (Å²) in [6.45, 7) is 1.75. The third-order valence-electron chi connectivity index (χ3n) is 2.16. The summed E-state index contributed by atoms with van der Waals surface area (Å²) >= 11 is 0. The fraction of sp³-hybridized carbons (Fsp3) is 0.182. The lowest BCUT2D eigenvalue weighted by Gasteiger charge is -2.04. The van der Waals surface area contributed by atoms with E-state index in [2.05, 4.69) is 4.98 Å². The fourth-order valence-electron chi connectivity index (χ4n) is 1.22. The van der Waals surface area contributed by atoms with E-state index >= 15 is 0 Å². The van der Waals surface area contributed by atoms with Crippen molar-refractivity contribution in [3.63, 3.8) is 0 Å². The maximum Gasteiger partial charge on any atom is 0.297 e. The molecular weight excluding hydrogens is 242 g/mol. The van der Waals surface area contributed by atoms with E-state index in [1.165, 1.54) is 24.8 Å². The number of benzene rings is 1. The van der Waals surface area contributed by atoms with Gasteiger partial charge in [0.05, 0.1) is 4.90 Å².